The Labute approximate surface area is 100 Å². The summed E-state index contributed by atoms with van der Waals surface area (Å²) in [4.78, 5) is 12.0. The van der Waals surface area contributed by atoms with Crippen LogP contribution in [0.5, 0.6) is 0 Å². The predicted molar refractivity (Wildman–Crippen MR) is 69.3 cm³/mol. The smallest absolute Gasteiger partial charge is 0.294 e. The van der Waals surface area contributed by atoms with Crippen LogP contribution in [0, 0.1) is 5.92 Å². The molecule has 2 aromatic rings. The lowest BCUT2D eigenvalue weighted by Gasteiger charge is -2.03. The third-order valence-corrected chi connectivity index (χ3v) is 2.63. The van der Waals surface area contributed by atoms with Crippen LogP contribution in [0.4, 0.5) is 5.69 Å². The molecule has 1 aromatic carbocycles. The van der Waals surface area contributed by atoms with Gasteiger partial charge in [0.1, 0.15) is 5.69 Å². The van der Waals surface area contributed by atoms with E-state index < -0.39 is 0 Å². The van der Waals surface area contributed by atoms with Crippen molar-refractivity contribution in [3.05, 3.63) is 46.4 Å². The van der Waals surface area contributed by atoms with E-state index in [1.54, 1.807) is 0 Å². The molecule has 90 valence electrons. The number of aromatic nitrogens is 2. The maximum atomic E-state index is 12.0. The van der Waals surface area contributed by atoms with Gasteiger partial charge in [-0.3, -0.25) is 9.89 Å². The topological polar surface area (TPSA) is 63.8 Å². The van der Waals surface area contributed by atoms with Gasteiger partial charge >= 0.3 is 0 Å². The lowest BCUT2D eigenvalue weighted by Crippen LogP contribution is -2.16. The third-order valence-electron chi connectivity index (χ3n) is 2.63. The summed E-state index contributed by atoms with van der Waals surface area (Å²) < 4.78 is 1.49. The van der Waals surface area contributed by atoms with Gasteiger partial charge in [-0.2, -0.15) is 0 Å². The monoisotopic (exact) mass is 231 g/mol. The first kappa shape index (κ1) is 11.5. The van der Waals surface area contributed by atoms with Gasteiger partial charge in [0.25, 0.3) is 5.56 Å². The van der Waals surface area contributed by atoms with E-state index in [0.29, 0.717) is 11.6 Å². The van der Waals surface area contributed by atoms with Gasteiger partial charge in [-0.05, 0) is 24.5 Å². The zero-order valence-corrected chi connectivity index (χ0v) is 10.1. The summed E-state index contributed by atoms with van der Waals surface area (Å²) in [6.07, 6.45) is 0.779. The minimum atomic E-state index is -0.174. The highest BCUT2D eigenvalue weighted by molar-refractivity contribution is 5.44. The second-order valence-electron chi connectivity index (χ2n) is 4.58. The molecule has 0 saturated carbocycles. The number of nitrogens with zero attached hydrogens (tertiary/aromatic N) is 1. The van der Waals surface area contributed by atoms with E-state index >= 15 is 0 Å². The Kier molecular flexibility index (Phi) is 3.04. The van der Waals surface area contributed by atoms with Gasteiger partial charge in [0, 0.05) is 0 Å². The van der Waals surface area contributed by atoms with Crippen molar-refractivity contribution >= 4 is 5.69 Å². The summed E-state index contributed by atoms with van der Waals surface area (Å²) in [6.45, 7) is 4.19. The van der Waals surface area contributed by atoms with Crippen LogP contribution in [-0.2, 0) is 6.42 Å². The molecule has 0 saturated heterocycles. The van der Waals surface area contributed by atoms with Crippen molar-refractivity contribution in [2.45, 2.75) is 20.3 Å². The number of benzene rings is 1. The van der Waals surface area contributed by atoms with Crippen molar-refractivity contribution in [3.63, 3.8) is 0 Å². The van der Waals surface area contributed by atoms with Gasteiger partial charge < -0.3 is 5.73 Å². The zero-order valence-electron chi connectivity index (χ0n) is 10.1. The van der Waals surface area contributed by atoms with Crippen molar-refractivity contribution in [1.29, 1.82) is 0 Å². The van der Waals surface area contributed by atoms with E-state index in [0.717, 1.165) is 17.8 Å². The van der Waals surface area contributed by atoms with Crippen molar-refractivity contribution in [2.75, 3.05) is 5.73 Å². The molecular weight excluding hydrogens is 214 g/mol. The van der Waals surface area contributed by atoms with Crippen molar-refractivity contribution in [2.24, 2.45) is 5.92 Å². The Balaban J connectivity index is 2.47. The molecule has 0 spiro atoms. The fraction of sp³-hybridized carbons (Fsp3) is 0.308. The molecule has 3 N–H and O–H groups in total. The number of aromatic amines is 1. The highest BCUT2D eigenvalue weighted by Gasteiger charge is 2.12. The molecule has 0 aliphatic carbocycles. The van der Waals surface area contributed by atoms with Crippen molar-refractivity contribution in [3.8, 4) is 5.69 Å². The fourth-order valence-electron chi connectivity index (χ4n) is 1.82. The number of H-pyrrole nitrogens is 1. The minimum Gasteiger partial charge on any atom is -0.393 e. The van der Waals surface area contributed by atoms with Gasteiger partial charge in [0.05, 0.1) is 11.4 Å². The SMILES string of the molecule is CC(C)Cc1[nH]n(-c2ccccc2)c(=O)c1N. The van der Waals surface area contributed by atoms with Crippen molar-refractivity contribution in [1.82, 2.24) is 9.78 Å². The van der Waals surface area contributed by atoms with Crippen LogP contribution in [-0.4, -0.2) is 9.78 Å². The maximum Gasteiger partial charge on any atom is 0.294 e. The molecule has 0 aliphatic rings. The number of nitrogens with two attached hydrogens (primary N) is 1. The lowest BCUT2D eigenvalue weighted by atomic mass is 10.1. The Morgan fingerprint density at radius 2 is 1.94 bits per heavy atom. The summed E-state index contributed by atoms with van der Waals surface area (Å²) >= 11 is 0. The molecule has 4 heteroatoms. The van der Waals surface area contributed by atoms with Crippen LogP contribution < -0.4 is 11.3 Å². The highest BCUT2D eigenvalue weighted by Crippen LogP contribution is 2.12. The van der Waals surface area contributed by atoms with E-state index in [1.807, 2.05) is 30.3 Å². The Hall–Kier alpha value is -1.97. The quantitative estimate of drug-likeness (QED) is 0.848. The summed E-state index contributed by atoms with van der Waals surface area (Å²) in [5, 5.41) is 3.08. The summed E-state index contributed by atoms with van der Waals surface area (Å²) in [5.74, 6) is 0.458. The van der Waals surface area contributed by atoms with E-state index in [-0.39, 0.29) is 5.56 Å². The van der Waals surface area contributed by atoms with E-state index in [4.69, 9.17) is 5.73 Å². The van der Waals surface area contributed by atoms with Gasteiger partial charge in [-0.15, -0.1) is 0 Å². The normalized spacial score (nSPS) is 11.0. The molecule has 1 aromatic heterocycles. The molecular formula is C13H17N3O. The fourth-order valence-corrected chi connectivity index (χ4v) is 1.82. The number of anilines is 1. The van der Waals surface area contributed by atoms with Gasteiger partial charge in [0.2, 0.25) is 0 Å². The third kappa shape index (κ3) is 2.25. The molecule has 0 aliphatic heterocycles. The first-order valence-electron chi connectivity index (χ1n) is 5.74. The maximum absolute atomic E-state index is 12.0. The second-order valence-corrected chi connectivity index (χ2v) is 4.58. The number of nitrogen functional groups attached to an aromatic ring is 1. The summed E-state index contributed by atoms with van der Waals surface area (Å²) in [5.41, 5.74) is 7.59. The van der Waals surface area contributed by atoms with E-state index in [9.17, 15) is 4.79 Å². The van der Waals surface area contributed by atoms with Crippen LogP contribution in [0.25, 0.3) is 5.69 Å². The number of nitrogens with one attached hydrogen (secondary N) is 1. The molecule has 17 heavy (non-hydrogen) atoms. The number of para-hydroxylation sites is 1. The molecule has 2 rings (SSSR count). The van der Waals surface area contributed by atoms with Gasteiger partial charge in [0.15, 0.2) is 0 Å². The lowest BCUT2D eigenvalue weighted by molar-refractivity contribution is 0.628. The summed E-state index contributed by atoms with van der Waals surface area (Å²) in [7, 11) is 0. The molecule has 0 unspecified atom stereocenters. The second kappa shape index (κ2) is 4.49. The van der Waals surface area contributed by atoms with E-state index in [2.05, 4.69) is 18.9 Å². The largest absolute Gasteiger partial charge is 0.393 e. The minimum absolute atomic E-state index is 0.174. The first-order chi connectivity index (χ1) is 8.09. The van der Waals surface area contributed by atoms with E-state index in [1.165, 1.54) is 4.68 Å². The molecule has 4 nitrogen and oxygen atoms in total. The molecule has 0 radical (unpaired) electrons. The number of hydrogen-bond donors (Lipinski definition) is 2. The van der Waals surface area contributed by atoms with Crippen LogP contribution in [0.1, 0.15) is 19.5 Å². The van der Waals surface area contributed by atoms with Crippen LogP contribution >= 0.6 is 0 Å². The standard InChI is InChI=1S/C13H17N3O/c1-9(2)8-11-12(14)13(17)16(15-11)10-6-4-3-5-7-10/h3-7,9,15H,8,14H2,1-2H3. The predicted octanol–water partition coefficient (Wildman–Crippen LogP) is 1.95. The Morgan fingerprint density at radius 3 is 2.53 bits per heavy atom. The molecule has 0 fully saturated rings. The summed E-state index contributed by atoms with van der Waals surface area (Å²) in [6, 6.07) is 9.44. The average molecular weight is 231 g/mol. The van der Waals surface area contributed by atoms with Gasteiger partial charge in [-0.25, -0.2) is 4.68 Å². The van der Waals surface area contributed by atoms with Crippen LogP contribution in [0.2, 0.25) is 0 Å². The Morgan fingerprint density at radius 1 is 1.29 bits per heavy atom. The molecule has 0 atom stereocenters. The Bertz CT molecular complexity index is 552. The number of hydrogen-bond acceptors (Lipinski definition) is 2. The highest BCUT2D eigenvalue weighted by atomic mass is 16.1. The van der Waals surface area contributed by atoms with Crippen LogP contribution in [0.15, 0.2) is 35.1 Å². The van der Waals surface area contributed by atoms with Gasteiger partial charge in [-0.1, -0.05) is 32.0 Å². The molecule has 1 heterocycles. The average Bonchev–Trinajstić information content (AvgIpc) is 2.58. The molecule has 0 amide bonds. The first-order valence-corrected chi connectivity index (χ1v) is 5.74. The molecule has 0 bridgehead atoms. The zero-order chi connectivity index (χ0) is 12.4. The van der Waals surface area contributed by atoms with Crippen molar-refractivity contribution < 1.29 is 0 Å². The number of rotatable bonds is 3. The van der Waals surface area contributed by atoms with Crippen LogP contribution in [0.3, 0.4) is 0 Å².